The van der Waals surface area contributed by atoms with Crippen molar-refractivity contribution in [2.75, 3.05) is 6.61 Å². The smallest absolute Gasteiger partial charge is 0.422 e. The van der Waals surface area contributed by atoms with Crippen molar-refractivity contribution in [3.8, 4) is 0 Å². The van der Waals surface area contributed by atoms with Gasteiger partial charge >= 0.3 is 12.3 Å². The molecule has 1 aromatic heterocycles. The molecular weight excluding hydrogens is 312 g/mol. The predicted molar refractivity (Wildman–Crippen MR) is 68.5 cm³/mol. The second-order valence-electron chi connectivity index (χ2n) is 4.22. The number of carbonyl (C=O) groups excluding carboxylic acids is 1. The number of nitrogens with zero attached hydrogens (tertiary/aromatic N) is 1. The summed E-state index contributed by atoms with van der Waals surface area (Å²) in [7, 11) is 0. The molecule has 1 N–H and O–H groups in total. The number of aromatic nitrogens is 1. The lowest BCUT2D eigenvalue weighted by Gasteiger charge is -2.12. The molecule has 1 atom stereocenters. The molecule has 21 heavy (non-hydrogen) atoms. The number of hydrogen-bond acceptors (Lipinski definition) is 4. The first-order valence-corrected chi connectivity index (χ1v) is 6.62. The molecule has 2 aromatic rings. The number of carbonyl (C=O) groups is 1. The summed E-state index contributed by atoms with van der Waals surface area (Å²) in [6, 6.07) is 3.39. The fourth-order valence-corrected chi connectivity index (χ4v) is 2.52. The van der Waals surface area contributed by atoms with Crippen LogP contribution in [0.4, 0.5) is 22.4 Å². The van der Waals surface area contributed by atoms with Crippen LogP contribution in [0.25, 0.3) is 10.2 Å². The molecule has 0 spiro atoms. The van der Waals surface area contributed by atoms with Crippen LogP contribution in [0.2, 0.25) is 0 Å². The molecular formula is C12H10F4N2O2S. The molecule has 1 amide bonds. The van der Waals surface area contributed by atoms with Crippen LogP contribution in [0, 0.1) is 5.82 Å². The molecule has 114 valence electrons. The van der Waals surface area contributed by atoms with Gasteiger partial charge < -0.3 is 10.1 Å². The van der Waals surface area contributed by atoms with Gasteiger partial charge in [0.15, 0.2) is 6.61 Å². The van der Waals surface area contributed by atoms with E-state index < -0.39 is 30.7 Å². The van der Waals surface area contributed by atoms with Gasteiger partial charge in [-0.25, -0.2) is 14.2 Å². The van der Waals surface area contributed by atoms with Crippen LogP contribution in [-0.4, -0.2) is 23.9 Å². The van der Waals surface area contributed by atoms with Crippen molar-refractivity contribution < 1.29 is 27.1 Å². The number of ether oxygens (including phenoxy) is 1. The van der Waals surface area contributed by atoms with Gasteiger partial charge in [0.05, 0.1) is 16.3 Å². The predicted octanol–water partition coefficient (Wildman–Crippen LogP) is 3.78. The Hall–Kier alpha value is -1.90. The highest BCUT2D eigenvalue weighted by molar-refractivity contribution is 7.18. The van der Waals surface area contributed by atoms with Crippen molar-refractivity contribution in [3.63, 3.8) is 0 Å². The molecule has 2 rings (SSSR count). The maximum atomic E-state index is 13.1. The van der Waals surface area contributed by atoms with E-state index in [-0.39, 0.29) is 0 Å². The van der Waals surface area contributed by atoms with Gasteiger partial charge in [-0.2, -0.15) is 13.2 Å². The van der Waals surface area contributed by atoms with Crippen LogP contribution < -0.4 is 5.32 Å². The zero-order valence-corrected chi connectivity index (χ0v) is 11.5. The molecule has 4 nitrogen and oxygen atoms in total. The van der Waals surface area contributed by atoms with Gasteiger partial charge in [-0.15, -0.1) is 11.3 Å². The summed E-state index contributed by atoms with van der Waals surface area (Å²) in [5.74, 6) is -0.414. The average molecular weight is 322 g/mol. The molecule has 0 fully saturated rings. The molecule has 1 aromatic carbocycles. The van der Waals surface area contributed by atoms with E-state index >= 15 is 0 Å². The lowest BCUT2D eigenvalue weighted by atomic mass is 10.3. The minimum Gasteiger partial charge on any atom is -0.440 e. The fourth-order valence-electron chi connectivity index (χ4n) is 1.53. The summed E-state index contributed by atoms with van der Waals surface area (Å²) in [6.45, 7) is -0.112. The van der Waals surface area contributed by atoms with E-state index in [4.69, 9.17) is 0 Å². The zero-order chi connectivity index (χ0) is 15.6. The van der Waals surface area contributed by atoms with Gasteiger partial charge in [-0.05, 0) is 25.1 Å². The Kier molecular flexibility index (Phi) is 4.31. The van der Waals surface area contributed by atoms with Gasteiger partial charge in [-0.3, -0.25) is 0 Å². The normalized spacial score (nSPS) is 13.2. The lowest BCUT2D eigenvalue weighted by Crippen LogP contribution is -2.30. The van der Waals surface area contributed by atoms with E-state index in [1.54, 1.807) is 6.92 Å². The molecule has 0 saturated heterocycles. The van der Waals surface area contributed by atoms with Crippen LogP contribution in [0.5, 0.6) is 0 Å². The highest BCUT2D eigenvalue weighted by Crippen LogP contribution is 2.27. The summed E-state index contributed by atoms with van der Waals surface area (Å²) in [5, 5.41) is 2.68. The highest BCUT2D eigenvalue weighted by atomic mass is 32.1. The van der Waals surface area contributed by atoms with Gasteiger partial charge in [0.2, 0.25) is 0 Å². The van der Waals surface area contributed by atoms with E-state index in [0.29, 0.717) is 15.2 Å². The Morgan fingerprint density at radius 1 is 1.48 bits per heavy atom. The summed E-state index contributed by atoms with van der Waals surface area (Å²) in [5.41, 5.74) is 0.550. The third kappa shape index (κ3) is 4.28. The van der Waals surface area contributed by atoms with E-state index in [1.165, 1.54) is 18.2 Å². The van der Waals surface area contributed by atoms with Crippen molar-refractivity contribution in [3.05, 3.63) is 29.0 Å². The number of alkyl carbamates (subject to hydrolysis) is 1. The fraction of sp³-hybridized carbons (Fsp3) is 0.333. The quantitative estimate of drug-likeness (QED) is 0.875. The Morgan fingerprint density at radius 2 is 2.19 bits per heavy atom. The van der Waals surface area contributed by atoms with Crippen LogP contribution >= 0.6 is 11.3 Å². The molecule has 0 aliphatic carbocycles. The second kappa shape index (κ2) is 5.84. The average Bonchev–Trinajstić information content (AvgIpc) is 2.78. The minimum absolute atomic E-state index is 0.414. The van der Waals surface area contributed by atoms with Crippen LogP contribution in [0.3, 0.4) is 0 Å². The Morgan fingerprint density at radius 3 is 2.86 bits per heavy atom. The highest BCUT2D eigenvalue weighted by Gasteiger charge is 2.30. The van der Waals surface area contributed by atoms with Crippen molar-refractivity contribution in [1.82, 2.24) is 10.3 Å². The Labute approximate surface area is 120 Å². The Bertz CT molecular complexity index is 656. The molecule has 9 heteroatoms. The zero-order valence-electron chi connectivity index (χ0n) is 10.7. The van der Waals surface area contributed by atoms with Crippen molar-refractivity contribution >= 4 is 27.6 Å². The van der Waals surface area contributed by atoms with Crippen molar-refractivity contribution in [2.24, 2.45) is 0 Å². The number of benzene rings is 1. The van der Waals surface area contributed by atoms with Gasteiger partial charge in [-0.1, -0.05) is 0 Å². The van der Waals surface area contributed by atoms with Gasteiger partial charge in [0, 0.05) is 0 Å². The first kappa shape index (κ1) is 15.5. The van der Waals surface area contributed by atoms with E-state index in [0.717, 1.165) is 11.3 Å². The van der Waals surface area contributed by atoms with E-state index in [2.05, 4.69) is 15.0 Å². The molecule has 1 unspecified atom stereocenters. The molecule has 0 radical (unpaired) electrons. The first-order chi connectivity index (χ1) is 9.74. The third-order valence-corrected chi connectivity index (χ3v) is 3.64. The van der Waals surface area contributed by atoms with Gasteiger partial charge in [0.25, 0.3) is 0 Å². The SMILES string of the molecule is CC(NC(=O)OCC(F)(F)F)c1nc2ccc(F)cc2s1. The minimum atomic E-state index is -4.58. The van der Waals surface area contributed by atoms with Crippen molar-refractivity contribution in [2.45, 2.75) is 19.1 Å². The number of halogens is 4. The lowest BCUT2D eigenvalue weighted by molar-refractivity contribution is -0.160. The summed E-state index contributed by atoms with van der Waals surface area (Å²) in [4.78, 5) is 15.4. The number of hydrogen-bond donors (Lipinski definition) is 1. The van der Waals surface area contributed by atoms with E-state index in [1.807, 2.05) is 0 Å². The standard InChI is InChI=1S/C12H10F4N2O2S/c1-6(17-11(19)20-5-12(14,15)16)10-18-8-3-2-7(13)4-9(8)21-10/h2-4,6H,5H2,1H3,(H,17,19). The maximum absolute atomic E-state index is 13.1. The second-order valence-corrected chi connectivity index (χ2v) is 5.28. The number of amides is 1. The maximum Gasteiger partial charge on any atom is 0.422 e. The Balaban J connectivity index is 2.01. The summed E-state index contributed by atoms with van der Waals surface area (Å²) < 4.78 is 53.4. The number of thiazole rings is 1. The molecule has 0 aliphatic rings. The number of fused-ring (bicyclic) bond motifs is 1. The van der Waals surface area contributed by atoms with Crippen LogP contribution in [0.15, 0.2) is 18.2 Å². The molecule has 1 heterocycles. The molecule has 0 saturated carbocycles. The van der Waals surface area contributed by atoms with Crippen molar-refractivity contribution in [1.29, 1.82) is 0 Å². The third-order valence-electron chi connectivity index (χ3n) is 2.44. The molecule has 0 aliphatic heterocycles. The summed E-state index contributed by atoms with van der Waals surface area (Å²) in [6.07, 6.45) is -5.77. The van der Waals surface area contributed by atoms with E-state index in [9.17, 15) is 22.4 Å². The monoisotopic (exact) mass is 322 g/mol. The number of rotatable bonds is 3. The van der Waals surface area contributed by atoms with Gasteiger partial charge in [0.1, 0.15) is 10.8 Å². The number of nitrogens with one attached hydrogen (secondary N) is 1. The molecule has 0 bridgehead atoms. The number of alkyl halides is 3. The van der Waals surface area contributed by atoms with Crippen LogP contribution in [0.1, 0.15) is 18.0 Å². The largest absolute Gasteiger partial charge is 0.440 e. The summed E-state index contributed by atoms with van der Waals surface area (Å²) >= 11 is 1.14. The topological polar surface area (TPSA) is 51.2 Å². The van der Waals surface area contributed by atoms with Crippen LogP contribution in [-0.2, 0) is 4.74 Å². The first-order valence-electron chi connectivity index (χ1n) is 5.80.